The van der Waals surface area contributed by atoms with Gasteiger partial charge in [-0.25, -0.2) is 0 Å². The molecule has 1 aromatic heterocycles. The Bertz CT molecular complexity index is 466. The molecule has 2 aliphatic rings. The van der Waals surface area contributed by atoms with Crippen LogP contribution in [0.4, 0.5) is 0 Å². The average Bonchev–Trinajstić information content (AvgIpc) is 2.93. The number of aryl methyl sites for hydroxylation is 2. The molecule has 2 fully saturated rings. The normalized spacial score (nSPS) is 27.3. The molecule has 0 bridgehead atoms. The van der Waals surface area contributed by atoms with Gasteiger partial charge in [0.15, 0.2) is 0 Å². The molecule has 1 amide bonds. The number of hydrogen-bond acceptors (Lipinski definition) is 3. The van der Waals surface area contributed by atoms with E-state index in [1.54, 1.807) is 0 Å². The van der Waals surface area contributed by atoms with Gasteiger partial charge in [0, 0.05) is 19.1 Å². The van der Waals surface area contributed by atoms with Gasteiger partial charge < -0.3 is 14.6 Å². The molecule has 2 unspecified atom stereocenters. The number of carbonyl (C=O) groups excluding carboxylic acids is 1. The molecule has 98 valence electrons. The average molecular weight is 248 g/mol. The van der Waals surface area contributed by atoms with Gasteiger partial charge in [-0.1, -0.05) is 0 Å². The molecule has 2 aliphatic heterocycles. The predicted molar refractivity (Wildman–Crippen MR) is 68.6 cm³/mol. The number of amides is 1. The highest BCUT2D eigenvalue weighted by Crippen LogP contribution is 2.26. The third kappa shape index (κ3) is 1.94. The van der Waals surface area contributed by atoms with Crippen molar-refractivity contribution < 1.29 is 9.21 Å². The lowest BCUT2D eigenvalue weighted by molar-refractivity contribution is 0.0660. The molecular weight excluding hydrogens is 228 g/mol. The van der Waals surface area contributed by atoms with E-state index in [-0.39, 0.29) is 5.91 Å². The number of fused-ring (bicyclic) bond motifs is 1. The number of furan rings is 1. The van der Waals surface area contributed by atoms with E-state index >= 15 is 0 Å². The first-order chi connectivity index (χ1) is 8.65. The Hall–Kier alpha value is -1.29. The summed E-state index contributed by atoms with van der Waals surface area (Å²) < 4.78 is 5.45. The lowest BCUT2D eigenvalue weighted by Gasteiger charge is -2.34. The lowest BCUT2D eigenvalue weighted by atomic mass is 9.93. The number of nitrogens with one attached hydrogen (secondary N) is 1. The number of likely N-dealkylation sites (tertiary alicyclic amines) is 1. The van der Waals surface area contributed by atoms with Gasteiger partial charge in [0.1, 0.15) is 11.5 Å². The van der Waals surface area contributed by atoms with Crippen LogP contribution in [0.2, 0.25) is 0 Å². The van der Waals surface area contributed by atoms with Crippen LogP contribution in [0, 0.1) is 19.8 Å². The second kappa shape index (κ2) is 4.43. The molecule has 0 aliphatic carbocycles. The summed E-state index contributed by atoms with van der Waals surface area (Å²) in [5.41, 5.74) is 0.733. The summed E-state index contributed by atoms with van der Waals surface area (Å²) in [6.45, 7) is 6.60. The standard InChI is InChI=1S/C14H20N2O2/c1-9-7-12(10(2)18-9)14(17)16-6-4-13-11(8-16)3-5-15-13/h7,11,13,15H,3-6,8H2,1-2H3. The van der Waals surface area contributed by atoms with Crippen LogP contribution < -0.4 is 5.32 Å². The highest BCUT2D eigenvalue weighted by molar-refractivity contribution is 5.95. The summed E-state index contributed by atoms with van der Waals surface area (Å²) in [6, 6.07) is 2.48. The van der Waals surface area contributed by atoms with Crippen LogP contribution in [0.5, 0.6) is 0 Å². The van der Waals surface area contributed by atoms with Crippen LogP contribution in [0.25, 0.3) is 0 Å². The molecule has 1 N–H and O–H groups in total. The highest BCUT2D eigenvalue weighted by atomic mass is 16.3. The van der Waals surface area contributed by atoms with Gasteiger partial charge in [-0.2, -0.15) is 0 Å². The Balaban J connectivity index is 1.75. The maximum absolute atomic E-state index is 12.5. The Morgan fingerprint density at radius 1 is 1.44 bits per heavy atom. The van der Waals surface area contributed by atoms with Crippen molar-refractivity contribution >= 4 is 5.91 Å². The van der Waals surface area contributed by atoms with Crippen molar-refractivity contribution in [1.82, 2.24) is 10.2 Å². The van der Waals surface area contributed by atoms with Crippen molar-refractivity contribution in [3.05, 3.63) is 23.2 Å². The highest BCUT2D eigenvalue weighted by Gasteiger charge is 2.35. The minimum atomic E-state index is 0.134. The fourth-order valence-corrected chi connectivity index (χ4v) is 3.25. The van der Waals surface area contributed by atoms with Crippen molar-refractivity contribution in [2.24, 2.45) is 5.92 Å². The van der Waals surface area contributed by atoms with E-state index in [0.717, 1.165) is 43.1 Å². The van der Waals surface area contributed by atoms with Crippen LogP contribution >= 0.6 is 0 Å². The molecule has 0 aromatic carbocycles. The Morgan fingerprint density at radius 2 is 2.28 bits per heavy atom. The molecule has 3 rings (SSSR count). The molecule has 0 spiro atoms. The third-order valence-electron chi connectivity index (χ3n) is 4.21. The molecule has 3 heterocycles. The minimum Gasteiger partial charge on any atom is -0.466 e. The number of carbonyl (C=O) groups is 1. The lowest BCUT2D eigenvalue weighted by Crippen LogP contribution is -2.46. The van der Waals surface area contributed by atoms with Gasteiger partial charge >= 0.3 is 0 Å². The van der Waals surface area contributed by atoms with Crippen molar-refractivity contribution in [3.8, 4) is 0 Å². The predicted octanol–water partition coefficient (Wildman–Crippen LogP) is 1.72. The summed E-state index contributed by atoms with van der Waals surface area (Å²) in [4.78, 5) is 14.5. The minimum absolute atomic E-state index is 0.134. The first-order valence-electron chi connectivity index (χ1n) is 6.75. The van der Waals surface area contributed by atoms with Crippen LogP contribution in [-0.4, -0.2) is 36.5 Å². The van der Waals surface area contributed by atoms with Crippen molar-refractivity contribution in [2.75, 3.05) is 19.6 Å². The number of piperidine rings is 1. The number of nitrogens with zero attached hydrogens (tertiary/aromatic N) is 1. The van der Waals surface area contributed by atoms with Crippen LogP contribution in [0.1, 0.15) is 34.7 Å². The monoisotopic (exact) mass is 248 g/mol. The van der Waals surface area contributed by atoms with Crippen molar-refractivity contribution in [2.45, 2.75) is 32.7 Å². The van der Waals surface area contributed by atoms with E-state index in [1.165, 1.54) is 6.42 Å². The van der Waals surface area contributed by atoms with Crippen molar-refractivity contribution in [1.29, 1.82) is 0 Å². The third-order valence-corrected chi connectivity index (χ3v) is 4.21. The molecule has 2 saturated heterocycles. The van der Waals surface area contributed by atoms with Gasteiger partial charge in [0.2, 0.25) is 0 Å². The molecule has 18 heavy (non-hydrogen) atoms. The van der Waals surface area contributed by atoms with E-state index < -0.39 is 0 Å². The first-order valence-corrected chi connectivity index (χ1v) is 6.75. The quantitative estimate of drug-likeness (QED) is 0.823. The fourth-order valence-electron chi connectivity index (χ4n) is 3.25. The summed E-state index contributed by atoms with van der Waals surface area (Å²) in [6.07, 6.45) is 2.27. The second-order valence-electron chi connectivity index (χ2n) is 5.48. The second-order valence-corrected chi connectivity index (χ2v) is 5.48. The maximum atomic E-state index is 12.5. The van der Waals surface area contributed by atoms with Gasteiger partial charge in [0.25, 0.3) is 5.91 Å². The summed E-state index contributed by atoms with van der Waals surface area (Å²) in [7, 11) is 0. The van der Waals surface area contributed by atoms with Gasteiger partial charge in [-0.3, -0.25) is 4.79 Å². The van der Waals surface area contributed by atoms with Crippen LogP contribution in [0.3, 0.4) is 0 Å². The molecular formula is C14H20N2O2. The SMILES string of the molecule is Cc1cc(C(=O)N2CCC3NCCC3C2)c(C)o1. The summed E-state index contributed by atoms with van der Waals surface area (Å²) in [5, 5.41) is 3.52. The van der Waals surface area contributed by atoms with Gasteiger partial charge in [-0.15, -0.1) is 0 Å². The Kier molecular flexibility index (Phi) is 2.90. The number of rotatable bonds is 1. The smallest absolute Gasteiger partial charge is 0.257 e. The van der Waals surface area contributed by atoms with E-state index in [4.69, 9.17) is 4.42 Å². The molecule has 0 saturated carbocycles. The van der Waals surface area contributed by atoms with E-state index in [1.807, 2.05) is 24.8 Å². The summed E-state index contributed by atoms with van der Waals surface area (Å²) in [5.74, 6) is 2.32. The zero-order valence-corrected chi connectivity index (χ0v) is 11.0. The number of hydrogen-bond donors (Lipinski definition) is 1. The largest absolute Gasteiger partial charge is 0.466 e. The van der Waals surface area contributed by atoms with Gasteiger partial charge in [-0.05, 0) is 45.2 Å². The van der Waals surface area contributed by atoms with Crippen molar-refractivity contribution in [3.63, 3.8) is 0 Å². The first kappa shape index (κ1) is 11.8. The molecule has 0 radical (unpaired) electrons. The summed E-state index contributed by atoms with van der Waals surface area (Å²) >= 11 is 0. The Labute approximate surface area is 107 Å². The van der Waals surface area contributed by atoms with Crippen LogP contribution in [-0.2, 0) is 0 Å². The molecule has 1 aromatic rings. The van der Waals surface area contributed by atoms with E-state index in [2.05, 4.69) is 5.32 Å². The molecule has 4 nitrogen and oxygen atoms in total. The topological polar surface area (TPSA) is 45.5 Å². The Morgan fingerprint density at radius 3 is 3.00 bits per heavy atom. The molecule has 4 heteroatoms. The van der Waals surface area contributed by atoms with E-state index in [9.17, 15) is 4.79 Å². The fraction of sp³-hybridized carbons (Fsp3) is 0.643. The van der Waals surface area contributed by atoms with Crippen LogP contribution in [0.15, 0.2) is 10.5 Å². The van der Waals surface area contributed by atoms with Gasteiger partial charge in [0.05, 0.1) is 5.56 Å². The zero-order valence-electron chi connectivity index (χ0n) is 11.0. The maximum Gasteiger partial charge on any atom is 0.257 e. The van der Waals surface area contributed by atoms with E-state index in [0.29, 0.717) is 12.0 Å². The molecule has 2 atom stereocenters. The zero-order chi connectivity index (χ0) is 12.7.